The van der Waals surface area contributed by atoms with E-state index in [4.69, 9.17) is 0 Å². The Bertz CT molecular complexity index is 400. The first-order chi connectivity index (χ1) is 7.79. The number of isocyanates is 1. The molecule has 1 aromatic rings. The minimum absolute atomic E-state index is 0.453. The van der Waals surface area contributed by atoms with Crippen LogP contribution in [0.2, 0.25) is 0 Å². The summed E-state index contributed by atoms with van der Waals surface area (Å²) in [6, 6.07) is 1.85. The molecule has 5 heteroatoms. The van der Waals surface area contributed by atoms with Crippen LogP contribution < -0.4 is 0 Å². The highest BCUT2D eigenvalue weighted by atomic mass is 16.1. The zero-order valence-corrected chi connectivity index (χ0v) is 9.52. The summed E-state index contributed by atoms with van der Waals surface area (Å²) < 4.78 is 1.78. The normalized spacial score (nSPS) is 16.3. The summed E-state index contributed by atoms with van der Waals surface area (Å²) in [5.74, 6) is 0.453. The highest BCUT2D eigenvalue weighted by Crippen LogP contribution is 2.13. The third-order valence-corrected chi connectivity index (χ3v) is 3.01. The lowest BCUT2D eigenvalue weighted by Gasteiger charge is -2.13. The van der Waals surface area contributed by atoms with Gasteiger partial charge in [-0.3, -0.25) is 4.68 Å². The third kappa shape index (κ3) is 2.56. The third-order valence-electron chi connectivity index (χ3n) is 3.01. The monoisotopic (exact) mass is 220 g/mol. The second-order valence-electron chi connectivity index (χ2n) is 4.12. The summed E-state index contributed by atoms with van der Waals surface area (Å²) in [6.45, 7) is 3.47. The minimum Gasteiger partial charge on any atom is -0.303 e. The minimum atomic E-state index is 0.453. The smallest absolute Gasteiger partial charge is 0.242 e. The van der Waals surface area contributed by atoms with Crippen molar-refractivity contribution < 1.29 is 4.79 Å². The van der Waals surface area contributed by atoms with Crippen LogP contribution >= 0.6 is 0 Å². The van der Waals surface area contributed by atoms with Gasteiger partial charge in [-0.1, -0.05) is 0 Å². The van der Waals surface area contributed by atoms with Gasteiger partial charge in [0.05, 0.1) is 0 Å². The van der Waals surface area contributed by atoms with Crippen molar-refractivity contribution >= 4 is 11.9 Å². The number of aliphatic imine (C=N–C) groups is 1. The van der Waals surface area contributed by atoms with Gasteiger partial charge in [0.25, 0.3) is 0 Å². The summed E-state index contributed by atoms with van der Waals surface area (Å²) in [5, 5.41) is 4.11. The van der Waals surface area contributed by atoms with Crippen molar-refractivity contribution in [1.82, 2.24) is 14.7 Å². The zero-order valence-electron chi connectivity index (χ0n) is 9.52. The van der Waals surface area contributed by atoms with E-state index >= 15 is 0 Å². The number of carbonyl (C=O) groups excluding carboxylic acids is 1. The number of hydrogen-bond acceptors (Lipinski definition) is 4. The van der Waals surface area contributed by atoms with Crippen LogP contribution in [0.5, 0.6) is 0 Å². The van der Waals surface area contributed by atoms with Gasteiger partial charge in [0, 0.05) is 31.8 Å². The topological polar surface area (TPSA) is 50.5 Å². The molecule has 1 fully saturated rings. The van der Waals surface area contributed by atoms with Gasteiger partial charge in [0.1, 0.15) is 0 Å². The van der Waals surface area contributed by atoms with Gasteiger partial charge in [-0.05, 0) is 25.9 Å². The van der Waals surface area contributed by atoms with E-state index < -0.39 is 0 Å². The quantitative estimate of drug-likeness (QED) is 0.562. The molecule has 0 amide bonds. The number of hydrogen-bond donors (Lipinski definition) is 0. The Kier molecular flexibility index (Phi) is 3.49. The fraction of sp³-hybridized carbons (Fsp3) is 0.636. The second-order valence-corrected chi connectivity index (χ2v) is 4.12. The lowest BCUT2D eigenvalue weighted by atomic mass is 10.3. The van der Waals surface area contributed by atoms with E-state index in [9.17, 15) is 4.79 Å². The van der Waals surface area contributed by atoms with Crippen LogP contribution in [0.15, 0.2) is 11.1 Å². The molecule has 1 aromatic heterocycles. The summed E-state index contributed by atoms with van der Waals surface area (Å²) in [4.78, 5) is 16.1. The Balaban J connectivity index is 1.95. The first-order valence-electron chi connectivity index (χ1n) is 5.63. The molecule has 5 nitrogen and oxygen atoms in total. The van der Waals surface area contributed by atoms with Crippen molar-refractivity contribution in [1.29, 1.82) is 0 Å². The van der Waals surface area contributed by atoms with Crippen molar-refractivity contribution in [3.63, 3.8) is 0 Å². The van der Waals surface area contributed by atoms with Crippen LogP contribution in [-0.2, 0) is 18.3 Å². The number of aryl methyl sites for hydroxylation is 1. The van der Waals surface area contributed by atoms with Crippen LogP contribution in [0.4, 0.5) is 5.82 Å². The number of rotatable bonds is 4. The molecule has 86 valence electrons. The van der Waals surface area contributed by atoms with Gasteiger partial charge in [-0.25, -0.2) is 4.79 Å². The number of aromatic nitrogens is 2. The van der Waals surface area contributed by atoms with E-state index in [0.717, 1.165) is 18.7 Å². The van der Waals surface area contributed by atoms with Crippen molar-refractivity contribution in [3.8, 4) is 0 Å². The second kappa shape index (κ2) is 5.05. The maximum atomic E-state index is 10.1. The van der Waals surface area contributed by atoms with E-state index in [1.807, 2.05) is 13.1 Å². The summed E-state index contributed by atoms with van der Waals surface area (Å²) in [7, 11) is 1.88. The van der Waals surface area contributed by atoms with Gasteiger partial charge in [0.15, 0.2) is 5.82 Å². The standard InChI is InChI=1S/C11H16N4O/c1-14-10(8-11(13-14)12-9-16)4-7-15-5-2-3-6-15/h8H,2-7H2,1H3. The molecule has 1 saturated heterocycles. The number of nitrogens with zero attached hydrogens (tertiary/aromatic N) is 4. The molecule has 2 heterocycles. The predicted octanol–water partition coefficient (Wildman–Crippen LogP) is 1.03. The molecular formula is C11H16N4O. The molecule has 16 heavy (non-hydrogen) atoms. The zero-order chi connectivity index (χ0) is 11.4. The summed E-state index contributed by atoms with van der Waals surface area (Å²) in [6.07, 6.45) is 5.09. The van der Waals surface area contributed by atoms with Gasteiger partial charge >= 0.3 is 0 Å². The van der Waals surface area contributed by atoms with E-state index in [2.05, 4.69) is 15.0 Å². The van der Waals surface area contributed by atoms with Gasteiger partial charge in [-0.15, -0.1) is 4.99 Å². The first-order valence-corrected chi connectivity index (χ1v) is 5.63. The molecule has 0 unspecified atom stereocenters. The molecule has 1 aliphatic heterocycles. The molecule has 2 rings (SSSR count). The van der Waals surface area contributed by atoms with Crippen LogP contribution in [0.3, 0.4) is 0 Å². The Morgan fingerprint density at radius 2 is 2.25 bits per heavy atom. The maximum absolute atomic E-state index is 10.1. The van der Waals surface area contributed by atoms with Crippen molar-refractivity contribution in [2.24, 2.45) is 12.0 Å². The maximum Gasteiger partial charge on any atom is 0.242 e. The van der Waals surface area contributed by atoms with Gasteiger partial charge in [0.2, 0.25) is 6.08 Å². The summed E-state index contributed by atoms with van der Waals surface area (Å²) in [5.41, 5.74) is 1.11. The molecule has 0 radical (unpaired) electrons. The molecule has 0 N–H and O–H groups in total. The number of likely N-dealkylation sites (tertiary alicyclic amines) is 1. The van der Waals surface area contributed by atoms with Gasteiger partial charge in [-0.2, -0.15) is 5.10 Å². The Labute approximate surface area is 94.8 Å². The fourth-order valence-electron chi connectivity index (χ4n) is 2.10. The molecular weight excluding hydrogens is 204 g/mol. The molecule has 0 saturated carbocycles. The van der Waals surface area contributed by atoms with Crippen molar-refractivity contribution in [2.45, 2.75) is 19.3 Å². The molecule has 0 spiro atoms. The lowest BCUT2D eigenvalue weighted by Crippen LogP contribution is -2.22. The lowest BCUT2D eigenvalue weighted by molar-refractivity contribution is 0.340. The summed E-state index contributed by atoms with van der Waals surface area (Å²) >= 11 is 0. The Hall–Kier alpha value is -1.45. The van der Waals surface area contributed by atoms with Crippen LogP contribution in [0.25, 0.3) is 0 Å². The first kappa shape index (κ1) is 11.0. The van der Waals surface area contributed by atoms with Crippen molar-refractivity contribution in [3.05, 3.63) is 11.8 Å². The molecule has 0 bridgehead atoms. The van der Waals surface area contributed by atoms with Crippen LogP contribution in [0.1, 0.15) is 18.5 Å². The fourth-order valence-corrected chi connectivity index (χ4v) is 2.10. The van der Waals surface area contributed by atoms with Crippen molar-refractivity contribution in [2.75, 3.05) is 19.6 Å². The molecule has 0 atom stereocenters. The van der Waals surface area contributed by atoms with Gasteiger partial charge < -0.3 is 4.90 Å². The van der Waals surface area contributed by atoms with Crippen LogP contribution in [-0.4, -0.2) is 40.4 Å². The largest absolute Gasteiger partial charge is 0.303 e. The highest BCUT2D eigenvalue weighted by Gasteiger charge is 2.12. The Morgan fingerprint density at radius 3 is 2.94 bits per heavy atom. The average molecular weight is 220 g/mol. The van der Waals surface area contributed by atoms with Crippen LogP contribution in [0, 0.1) is 0 Å². The predicted molar refractivity (Wildman–Crippen MR) is 60.4 cm³/mol. The highest BCUT2D eigenvalue weighted by molar-refractivity contribution is 5.44. The average Bonchev–Trinajstić information content (AvgIpc) is 2.86. The molecule has 0 aromatic carbocycles. The SMILES string of the molecule is Cn1nc(N=C=O)cc1CCN1CCCC1. The van der Waals surface area contributed by atoms with E-state index in [0.29, 0.717) is 5.82 Å². The Morgan fingerprint density at radius 1 is 1.50 bits per heavy atom. The molecule has 0 aliphatic carbocycles. The van der Waals surface area contributed by atoms with E-state index in [1.165, 1.54) is 32.0 Å². The van der Waals surface area contributed by atoms with E-state index in [1.54, 1.807) is 4.68 Å². The molecule has 1 aliphatic rings. The van der Waals surface area contributed by atoms with E-state index in [-0.39, 0.29) is 0 Å².